The quantitative estimate of drug-likeness (QED) is 0.377. The van der Waals surface area contributed by atoms with Gasteiger partial charge >= 0.3 is 0 Å². The van der Waals surface area contributed by atoms with E-state index >= 15 is 0 Å². The van der Waals surface area contributed by atoms with E-state index in [1.807, 2.05) is 0 Å². The fraction of sp³-hybridized carbons (Fsp3) is 0.529. The van der Waals surface area contributed by atoms with Crippen LogP contribution in [0.15, 0.2) is 29.3 Å². The number of hydrogen-bond acceptors (Lipinski definition) is 5. The first-order valence-corrected chi connectivity index (χ1v) is 7.97. The standard InChI is InChI=1S/C17H27N3O4/c1-20(2)10-6-9-18-17(24-12-11-22-3)19-16(21)14-7-5-8-15(13-14)23-4/h5,7-8,13H,6,9-12H2,1-4H3,(H,18,19,21)/p+1. The van der Waals surface area contributed by atoms with Crippen molar-refractivity contribution in [3.05, 3.63) is 29.8 Å². The molecule has 0 unspecified atom stereocenters. The summed E-state index contributed by atoms with van der Waals surface area (Å²) in [7, 11) is 7.33. The molecule has 0 atom stereocenters. The van der Waals surface area contributed by atoms with Crippen molar-refractivity contribution < 1.29 is 23.9 Å². The summed E-state index contributed by atoms with van der Waals surface area (Å²) in [5.74, 6) is 0.332. The molecule has 0 saturated carbocycles. The average molecular weight is 338 g/mol. The number of nitrogens with zero attached hydrogens (tertiary/aromatic N) is 1. The lowest BCUT2D eigenvalue weighted by Crippen LogP contribution is -3.05. The van der Waals surface area contributed by atoms with Crippen LogP contribution >= 0.6 is 0 Å². The number of quaternary nitrogens is 1. The molecule has 0 aliphatic carbocycles. The Morgan fingerprint density at radius 1 is 1.25 bits per heavy atom. The van der Waals surface area contributed by atoms with E-state index < -0.39 is 0 Å². The summed E-state index contributed by atoms with van der Waals surface area (Å²) in [4.78, 5) is 18.0. The Hall–Kier alpha value is -2.12. The van der Waals surface area contributed by atoms with Crippen LogP contribution in [0.25, 0.3) is 0 Å². The van der Waals surface area contributed by atoms with Crippen LogP contribution in [0.5, 0.6) is 5.75 Å². The fourth-order valence-corrected chi connectivity index (χ4v) is 1.89. The van der Waals surface area contributed by atoms with Gasteiger partial charge in [-0.05, 0) is 18.2 Å². The number of amidine groups is 1. The van der Waals surface area contributed by atoms with Gasteiger partial charge in [-0.1, -0.05) is 6.07 Å². The molecule has 0 bridgehead atoms. The molecule has 7 heteroatoms. The Kier molecular flexibility index (Phi) is 9.48. The van der Waals surface area contributed by atoms with Gasteiger partial charge < -0.3 is 19.1 Å². The van der Waals surface area contributed by atoms with E-state index in [0.29, 0.717) is 31.1 Å². The van der Waals surface area contributed by atoms with Crippen LogP contribution in [0.3, 0.4) is 0 Å². The van der Waals surface area contributed by atoms with Crippen molar-refractivity contribution in [1.29, 1.82) is 0 Å². The van der Waals surface area contributed by atoms with Crippen molar-refractivity contribution in [3.63, 3.8) is 0 Å². The summed E-state index contributed by atoms with van der Waals surface area (Å²) in [5.41, 5.74) is 0.482. The van der Waals surface area contributed by atoms with Gasteiger partial charge in [0, 0.05) is 25.6 Å². The molecule has 0 aliphatic rings. The number of ether oxygens (including phenoxy) is 3. The van der Waals surface area contributed by atoms with E-state index in [1.54, 1.807) is 38.5 Å². The van der Waals surface area contributed by atoms with Crippen LogP contribution in [0.4, 0.5) is 0 Å². The molecule has 7 nitrogen and oxygen atoms in total. The average Bonchev–Trinajstić information content (AvgIpc) is 2.58. The number of hydrogen-bond donors (Lipinski definition) is 2. The van der Waals surface area contributed by atoms with Gasteiger partial charge in [-0.3, -0.25) is 10.1 Å². The molecule has 1 aromatic carbocycles. The molecule has 1 rings (SSSR count). The lowest BCUT2D eigenvalue weighted by molar-refractivity contribution is -0.858. The molecule has 24 heavy (non-hydrogen) atoms. The molecule has 0 spiro atoms. The van der Waals surface area contributed by atoms with E-state index in [0.717, 1.165) is 13.0 Å². The summed E-state index contributed by atoms with van der Waals surface area (Å²) >= 11 is 0. The van der Waals surface area contributed by atoms with E-state index in [4.69, 9.17) is 14.2 Å². The molecule has 2 N–H and O–H groups in total. The van der Waals surface area contributed by atoms with Crippen LogP contribution in [0, 0.1) is 0 Å². The number of amides is 1. The van der Waals surface area contributed by atoms with Gasteiger partial charge in [-0.25, -0.2) is 4.99 Å². The molecule has 0 saturated heterocycles. The number of carbonyl (C=O) groups excluding carboxylic acids is 1. The molecule has 1 amide bonds. The first-order valence-electron chi connectivity index (χ1n) is 7.97. The monoisotopic (exact) mass is 338 g/mol. The van der Waals surface area contributed by atoms with Crippen LogP contribution in [0.2, 0.25) is 0 Å². The molecule has 0 aromatic heterocycles. The number of carbonyl (C=O) groups is 1. The van der Waals surface area contributed by atoms with Gasteiger partial charge in [0.2, 0.25) is 0 Å². The highest BCUT2D eigenvalue weighted by atomic mass is 16.5. The second kappa shape index (κ2) is 11.4. The van der Waals surface area contributed by atoms with Crippen LogP contribution < -0.4 is 15.0 Å². The zero-order chi connectivity index (χ0) is 17.8. The lowest BCUT2D eigenvalue weighted by atomic mass is 10.2. The van der Waals surface area contributed by atoms with E-state index in [-0.39, 0.29) is 11.9 Å². The third-order valence-electron chi connectivity index (χ3n) is 3.17. The SMILES string of the molecule is COCCOC(=NCCC[NH+](C)C)NC(=O)c1cccc(OC)c1. The molecule has 134 valence electrons. The highest BCUT2D eigenvalue weighted by Crippen LogP contribution is 2.12. The third-order valence-corrected chi connectivity index (χ3v) is 3.17. The smallest absolute Gasteiger partial charge is 0.291 e. The maximum Gasteiger partial charge on any atom is 0.291 e. The van der Waals surface area contributed by atoms with Gasteiger partial charge in [0.15, 0.2) is 0 Å². The van der Waals surface area contributed by atoms with Crippen molar-refractivity contribution >= 4 is 11.9 Å². The minimum absolute atomic E-state index is 0.216. The van der Waals surface area contributed by atoms with Crippen molar-refractivity contribution in [3.8, 4) is 5.75 Å². The summed E-state index contributed by atoms with van der Waals surface area (Å²) in [6.07, 6.45) is 0.911. The highest BCUT2D eigenvalue weighted by Gasteiger charge is 2.11. The Bertz CT molecular complexity index is 532. The molecular weight excluding hydrogens is 310 g/mol. The molecular formula is C17H28N3O4+. The van der Waals surface area contributed by atoms with Gasteiger partial charge in [-0.15, -0.1) is 0 Å². The highest BCUT2D eigenvalue weighted by molar-refractivity contribution is 6.04. The van der Waals surface area contributed by atoms with E-state index in [1.165, 1.54) is 4.90 Å². The van der Waals surface area contributed by atoms with Crippen molar-refractivity contribution in [2.24, 2.45) is 4.99 Å². The second-order valence-corrected chi connectivity index (χ2v) is 5.52. The van der Waals surface area contributed by atoms with Crippen molar-refractivity contribution in [2.75, 3.05) is 54.6 Å². The van der Waals surface area contributed by atoms with Gasteiger partial charge in [-0.2, -0.15) is 0 Å². The Balaban J connectivity index is 2.67. The predicted molar refractivity (Wildman–Crippen MR) is 92.9 cm³/mol. The summed E-state index contributed by atoms with van der Waals surface area (Å²) < 4.78 is 15.6. The minimum Gasteiger partial charge on any atom is -0.497 e. The zero-order valence-corrected chi connectivity index (χ0v) is 14.9. The fourth-order valence-electron chi connectivity index (χ4n) is 1.89. The summed E-state index contributed by atoms with van der Waals surface area (Å²) in [6, 6.07) is 7.13. The third kappa shape index (κ3) is 7.94. The zero-order valence-electron chi connectivity index (χ0n) is 14.9. The van der Waals surface area contributed by atoms with E-state index in [2.05, 4.69) is 24.4 Å². The van der Waals surface area contributed by atoms with Gasteiger partial charge in [0.1, 0.15) is 12.4 Å². The van der Waals surface area contributed by atoms with Crippen LogP contribution in [-0.4, -0.2) is 66.5 Å². The maximum absolute atomic E-state index is 12.3. The number of rotatable bonds is 9. The number of methoxy groups -OCH3 is 2. The van der Waals surface area contributed by atoms with Crippen molar-refractivity contribution in [2.45, 2.75) is 6.42 Å². The van der Waals surface area contributed by atoms with Crippen molar-refractivity contribution in [1.82, 2.24) is 5.32 Å². The largest absolute Gasteiger partial charge is 0.497 e. The predicted octanol–water partition coefficient (Wildman–Crippen LogP) is -0.0214. The van der Waals surface area contributed by atoms with Crippen LogP contribution in [-0.2, 0) is 9.47 Å². The molecule has 1 aromatic rings. The Morgan fingerprint density at radius 2 is 2.04 bits per heavy atom. The number of aliphatic imine (C=N–C) groups is 1. The number of nitrogens with one attached hydrogen (secondary N) is 2. The Morgan fingerprint density at radius 3 is 2.71 bits per heavy atom. The first kappa shape index (κ1) is 19.9. The van der Waals surface area contributed by atoms with Crippen LogP contribution in [0.1, 0.15) is 16.8 Å². The number of benzene rings is 1. The van der Waals surface area contributed by atoms with Gasteiger partial charge in [0.25, 0.3) is 11.9 Å². The normalized spacial score (nSPS) is 11.5. The molecule has 0 fully saturated rings. The summed E-state index contributed by atoms with van der Waals surface area (Å²) in [6.45, 7) is 2.34. The minimum atomic E-state index is -0.289. The molecule has 0 radical (unpaired) electrons. The lowest BCUT2D eigenvalue weighted by Gasteiger charge is -2.11. The van der Waals surface area contributed by atoms with Gasteiger partial charge in [0.05, 0.1) is 34.4 Å². The maximum atomic E-state index is 12.3. The Labute approximate surface area is 143 Å². The molecule has 0 aliphatic heterocycles. The molecule has 0 heterocycles. The van der Waals surface area contributed by atoms with E-state index in [9.17, 15) is 4.79 Å². The summed E-state index contributed by atoms with van der Waals surface area (Å²) in [5, 5.41) is 2.70. The second-order valence-electron chi connectivity index (χ2n) is 5.52. The topological polar surface area (TPSA) is 73.6 Å². The first-order chi connectivity index (χ1) is 11.6.